The molecule has 0 saturated carbocycles. The fourth-order valence-electron chi connectivity index (χ4n) is 2.61. The van der Waals surface area contributed by atoms with Crippen molar-refractivity contribution in [1.82, 2.24) is 5.32 Å². The van der Waals surface area contributed by atoms with Gasteiger partial charge >= 0.3 is 0 Å². The normalized spacial score (nSPS) is 16.6. The molecule has 2 aromatic carbocycles. The first-order valence-corrected chi connectivity index (χ1v) is 8.86. The van der Waals surface area contributed by atoms with Gasteiger partial charge in [0.1, 0.15) is 0 Å². The average Bonchev–Trinajstić information content (AvgIpc) is 3.14. The first-order valence-electron chi connectivity index (χ1n) is 8.04. The van der Waals surface area contributed by atoms with Gasteiger partial charge in [0, 0.05) is 35.1 Å². The van der Waals surface area contributed by atoms with Crippen molar-refractivity contribution in [3.05, 3.63) is 64.2 Å². The molecule has 1 amide bonds. The lowest BCUT2D eigenvalue weighted by atomic mass is 10.2. The zero-order chi connectivity index (χ0) is 17.6. The molecule has 130 valence electrons. The van der Waals surface area contributed by atoms with Crippen LogP contribution in [0.2, 0.25) is 0 Å². The number of non-ortho nitro benzene ring substituents is 1. The second-order valence-electron chi connectivity index (χ2n) is 5.69. The number of carbonyl (C=O) groups is 1. The molecule has 0 aromatic heterocycles. The summed E-state index contributed by atoms with van der Waals surface area (Å²) in [5, 5.41) is 13.7. The molecule has 0 radical (unpaired) electrons. The number of hydrogen-bond acceptors (Lipinski definition) is 5. The van der Waals surface area contributed by atoms with Gasteiger partial charge in [0.25, 0.3) is 11.6 Å². The third kappa shape index (κ3) is 4.58. The summed E-state index contributed by atoms with van der Waals surface area (Å²) < 4.78 is 5.52. The number of benzene rings is 2. The van der Waals surface area contributed by atoms with E-state index in [1.165, 1.54) is 23.9 Å². The summed E-state index contributed by atoms with van der Waals surface area (Å²) in [6, 6.07) is 13.6. The Kier molecular flexibility index (Phi) is 5.67. The summed E-state index contributed by atoms with van der Waals surface area (Å²) in [7, 11) is 0. The van der Waals surface area contributed by atoms with Crippen molar-refractivity contribution < 1.29 is 14.5 Å². The molecular formula is C18H18N2O4S. The van der Waals surface area contributed by atoms with E-state index in [0.717, 1.165) is 29.2 Å². The van der Waals surface area contributed by atoms with Crippen LogP contribution in [0.4, 0.5) is 5.69 Å². The molecule has 25 heavy (non-hydrogen) atoms. The van der Waals surface area contributed by atoms with Gasteiger partial charge in [-0.15, -0.1) is 0 Å². The van der Waals surface area contributed by atoms with Crippen molar-refractivity contribution >= 4 is 23.4 Å². The van der Waals surface area contributed by atoms with Crippen molar-refractivity contribution in [2.45, 2.75) is 28.7 Å². The lowest BCUT2D eigenvalue weighted by molar-refractivity contribution is -0.384. The molecule has 1 N–H and O–H groups in total. The highest BCUT2D eigenvalue weighted by Crippen LogP contribution is 2.31. The molecule has 3 rings (SSSR count). The van der Waals surface area contributed by atoms with E-state index >= 15 is 0 Å². The number of hydrogen-bond donors (Lipinski definition) is 1. The van der Waals surface area contributed by atoms with Gasteiger partial charge in [0.15, 0.2) is 0 Å². The van der Waals surface area contributed by atoms with E-state index in [1.54, 1.807) is 18.2 Å². The SMILES string of the molecule is O=C(NC[C@@H]1CCCO1)c1ccccc1Sc1ccc([N+](=O)[O-])cc1. The highest BCUT2D eigenvalue weighted by Gasteiger charge is 2.18. The second-order valence-corrected chi connectivity index (χ2v) is 6.81. The lowest BCUT2D eigenvalue weighted by Crippen LogP contribution is -2.32. The van der Waals surface area contributed by atoms with Gasteiger partial charge < -0.3 is 10.1 Å². The Hall–Kier alpha value is -2.38. The Bertz CT molecular complexity index is 758. The smallest absolute Gasteiger partial charge is 0.269 e. The molecule has 1 saturated heterocycles. The molecule has 0 bridgehead atoms. The van der Waals surface area contributed by atoms with Crippen molar-refractivity contribution in [3.63, 3.8) is 0 Å². The maximum absolute atomic E-state index is 12.5. The van der Waals surface area contributed by atoms with Crippen molar-refractivity contribution in [2.75, 3.05) is 13.2 Å². The number of amides is 1. The monoisotopic (exact) mass is 358 g/mol. The van der Waals surface area contributed by atoms with Crippen molar-refractivity contribution in [3.8, 4) is 0 Å². The topological polar surface area (TPSA) is 81.5 Å². The summed E-state index contributed by atoms with van der Waals surface area (Å²) in [6.45, 7) is 1.27. The first-order chi connectivity index (χ1) is 12.1. The average molecular weight is 358 g/mol. The fraction of sp³-hybridized carbons (Fsp3) is 0.278. The van der Waals surface area contributed by atoms with E-state index in [9.17, 15) is 14.9 Å². The van der Waals surface area contributed by atoms with E-state index in [-0.39, 0.29) is 17.7 Å². The quantitative estimate of drug-likeness (QED) is 0.629. The van der Waals surface area contributed by atoms with E-state index in [1.807, 2.05) is 18.2 Å². The number of rotatable bonds is 6. The Labute approximate surface area is 149 Å². The standard InChI is InChI=1S/C18H18N2O4S/c21-18(19-12-14-4-3-11-24-14)16-5-1-2-6-17(16)25-15-9-7-13(8-10-15)20(22)23/h1-2,5-10,14H,3-4,11-12H2,(H,19,21)/t14-/m0/s1. The third-order valence-corrected chi connectivity index (χ3v) is 5.01. The predicted octanol–water partition coefficient (Wildman–Crippen LogP) is 3.65. The second kappa shape index (κ2) is 8.13. The van der Waals surface area contributed by atoms with Crippen LogP contribution in [0.15, 0.2) is 58.3 Å². The summed E-state index contributed by atoms with van der Waals surface area (Å²) in [4.78, 5) is 24.4. The maximum Gasteiger partial charge on any atom is 0.269 e. The van der Waals surface area contributed by atoms with Crippen LogP contribution in [-0.4, -0.2) is 30.1 Å². The molecule has 2 aromatic rings. The van der Waals surface area contributed by atoms with Crippen LogP contribution in [0, 0.1) is 10.1 Å². The first kappa shape index (κ1) is 17.4. The Morgan fingerprint density at radius 1 is 1.24 bits per heavy atom. The van der Waals surface area contributed by atoms with Crippen LogP contribution in [0.5, 0.6) is 0 Å². The zero-order valence-electron chi connectivity index (χ0n) is 13.5. The van der Waals surface area contributed by atoms with Crippen LogP contribution in [0.3, 0.4) is 0 Å². The number of nitrogens with zero attached hydrogens (tertiary/aromatic N) is 1. The molecule has 0 aliphatic carbocycles. The number of nitro benzene ring substituents is 1. The van der Waals surface area contributed by atoms with Gasteiger partial charge in [0.2, 0.25) is 0 Å². The fourth-order valence-corrected chi connectivity index (χ4v) is 3.56. The zero-order valence-corrected chi connectivity index (χ0v) is 14.3. The molecule has 6 nitrogen and oxygen atoms in total. The number of carbonyl (C=O) groups excluding carboxylic acids is 1. The Morgan fingerprint density at radius 2 is 2.00 bits per heavy atom. The molecular weight excluding hydrogens is 340 g/mol. The van der Waals surface area contributed by atoms with Crippen LogP contribution in [0.1, 0.15) is 23.2 Å². The minimum absolute atomic E-state index is 0.0481. The number of nitrogens with one attached hydrogen (secondary N) is 1. The molecule has 0 spiro atoms. The van der Waals surface area contributed by atoms with Crippen LogP contribution < -0.4 is 5.32 Å². The minimum Gasteiger partial charge on any atom is -0.376 e. The third-order valence-electron chi connectivity index (χ3n) is 3.92. The highest BCUT2D eigenvalue weighted by molar-refractivity contribution is 7.99. The Morgan fingerprint density at radius 3 is 2.68 bits per heavy atom. The van der Waals surface area contributed by atoms with Crippen LogP contribution in [0.25, 0.3) is 0 Å². The van der Waals surface area contributed by atoms with Gasteiger partial charge in [-0.2, -0.15) is 0 Å². The van der Waals surface area contributed by atoms with E-state index in [0.29, 0.717) is 12.1 Å². The van der Waals surface area contributed by atoms with Crippen molar-refractivity contribution in [2.24, 2.45) is 0 Å². The molecule has 0 unspecified atom stereocenters. The number of nitro groups is 1. The molecule has 1 heterocycles. The van der Waals surface area contributed by atoms with Crippen LogP contribution >= 0.6 is 11.8 Å². The largest absolute Gasteiger partial charge is 0.376 e. The summed E-state index contributed by atoms with van der Waals surface area (Å²) in [5.74, 6) is -0.138. The molecule has 1 fully saturated rings. The van der Waals surface area contributed by atoms with Gasteiger partial charge in [-0.25, -0.2) is 0 Å². The van der Waals surface area contributed by atoms with Gasteiger partial charge in [-0.3, -0.25) is 14.9 Å². The molecule has 1 aliphatic heterocycles. The maximum atomic E-state index is 12.5. The van der Waals surface area contributed by atoms with Gasteiger partial charge in [-0.1, -0.05) is 23.9 Å². The predicted molar refractivity (Wildman–Crippen MR) is 95.0 cm³/mol. The summed E-state index contributed by atoms with van der Waals surface area (Å²) in [5.41, 5.74) is 0.635. The molecule has 1 aliphatic rings. The number of ether oxygens (including phenoxy) is 1. The highest BCUT2D eigenvalue weighted by atomic mass is 32.2. The van der Waals surface area contributed by atoms with Gasteiger partial charge in [0.05, 0.1) is 16.6 Å². The van der Waals surface area contributed by atoms with Crippen LogP contribution in [-0.2, 0) is 4.74 Å². The minimum atomic E-state index is -0.430. The van der Waals surface area contributed by atoms with Gasteiger partial charge in [-0.05, 0) is 37.1 Å². The molecule has 1 atom stereocenters. The lowest BCUT2D eigenvalue weighted by Gasteiger charge is -2.13. The van der Waals surface area contributed by atoms with Crippen molar-refractivity contribution in [1.29, 1.82) is 0 Å². The van der Waals surface area contributed by atoms with E-state index in [4.69, 9.17) is 4.74 Å². The Balaban J connectivity index is 1.69. The van der Waals surface area contributed by atoms with E-state index in [2.05, 4.69) is 5.32 Å². The van der Waals surface area contributed by atoms with E-state index < -0.39 is 4.92 Å². The summed E-state index contributed by atoms with van der Waals surface area (Å²) in [6.07, 6.45) is 2.10. The summed E-state index contributed by atoms with van der Waals surface area (Å²) >= 11 is 1.41. The molecule has 7 heteroatoms.